The zero-order valence-corrected chi connectivity index (χ0v) is 16.2. The van der Waals surface area contributed by atoms with Crippen LogP contribution in [0.15, 0.2) is 54.6 Å². The molecule has 152 valence electrons. The monoisotopic (exact) mass is 392 g/mol. The summed E-state index contributed by atoms with van der Waals surface area (Å²) < 4.78 is 44.0. The zero-order valence-electron chi connectivity index (χ0n) is 16.2. The van der Waals surface area contributed by atoms with Crippen LogP contribution in [0.1, 0.15) is 24.0 Å². The number of methoxy groups -OCH3 is 1. The quantitative estimate of drug-likeness (QED) is 0.672. The first kappa shape index (κ1) is 20.7. The molecule has 0 amide bonds. The van der Waals surface area contributed by atoms with Crippen molar-refractivity contribution in [1.29, 1.82) is 0 Å². The van der Waals surface area contributed by atoms with Crippen LogP contribution in [0.2, 0.25) is 0 Å². The van der Waals surface area contributed by atoms with E-state index in [9.17, 15) is 13.2 Å². The number of likely N-dealkylation sites (tertiary alicyclic amines) is 1. The average molecular weight is 392 g/mol. The van der Waals surface area contributed by atoms with Crippen molar-refractivity contribution in [2.45, 2.75) is 31.6 Å². The van der Waals surface area contributed by atoms with Crippen LogP contribution >= 0.6 is 0 Å². The molecule has 0 unspecified atom stereocenters. The Morgan fingerprint density at radius 2 is 1.64 bits per heavy atom. The van der Waals surface area contributed by atoms with E-state index in [0.717, 1.165) is 50.3 Å². The highest BCUT2D eigenvalue weighted by Crippen LogP contribution is 2.32. The Kier molecular flexibility index (Phi) is 6.97. The Labute approximate surface area is 164 Å². The molecule has 3 rings (SSSR count). The molecular formula is C22H27F3N2O. The molecule has 0 atom stereocenters. The number of piperidine rings is 1. The van der Waals surface area contributed by atoms with Gasteiger partial charge in [0, 0.05) is 45.0 Å². The van der Waals surface area contributed by atoms with Crippen molar-refractivity contribution in [3.63, 3.8) is 0 Å². The molecular weight excluding hydrogens is 365 g/mol. The summed E-state index contributed by atoms with van der Waals surface area (Å²) in [6.45, 7) is 4.27. The predicted molar refractivity (Wildman–Crippen MR) is 105 cm³/mol. The third-order valence-electron chi connectivity index (χ3n) is 5.33. The number of nitrogens with zero attached hydrogens (tertiary/aromatic N) is 2. The Balaban J connectivity index is 1.76. The summed E-state index contributed by atoms with van der Waals surface area (Å²) in [4.78, 5) is 4.64. The molecule has 0 N–H and O–H groups in total. The van der Waals surface area contributed by atoms with Gasteiger partial charge in [0.1, 0.15) is 0 Å². The molecule has 0 saturated carbocycles. The van der Waals surface area contributed by atoms with Gasteiger partial charge in [0.15, 0.2) is 0 Å². The van der Waals surface area contributed by atoms with E-state index in [0.29, 0.717) is 12.6 Å². The maximum Gasteiger partial charge on any atom is 0.416 e. The van der Waals surface area contributed by atoms with Crippen LogP contribution in [-0.4, -0.2) is 44.3 Å². The van der Waals surface area contributed by atoms with Crippen molar-refractivity contribution in [3.05, 3.63) is 65.7 Å². The largest absolute Gasteiger partial charge is 0.416 e. The van der Waals surface area contributed by atoms with Gasteiger partial charge in [0.2, 0.25) is 0 Å². The van der Waals surface area contributed by atoms with Crippen molar-refractivity contribution < 1.29 is 17.9 Å². The predicted octanol–water partition coefficient (Wildman–Crippen LogP) is 4.82. The van der Waals surface area contributed by atoms with Gasteiger partial charge in [-0.25, -0.2) is 0 Å². The molecule has 0 radical (unpaired) electrons. The van der Waals surface area contributed by atoms with E-state index in [1.165, 1.54) is 12.1 Å². The second-order valence-corrected chi connectivity index (χ2v) is 7.22. The first-order chi connectivity index (χ1) is 13.5. The SMILES string of the molecule is COCCN1CCC(N(Cc2ccccc2)c2ccc(C(F)(F)F)cc2)CC1. The summed E-state index contributed by atoms with van der Waals surface area (Å²) in [6.07, 6.45) is -2.34. The van der Waals surface area contributed by atoms with Gasteiger partial charge in [-0.15, -0.1) is 0 Å². The van der Waals surface area contributed by atoms with Crippen LogP contribution in [0.25, 0.3) is 0 Å². The lowest BCUT2D eigenvalue weighted by molar-refractivity contribution is -0.137. The number of alkyl halides is 3. The number of hydrogen-bond acceptors (Lipinski definition) is 3. The van der Waals surface area contributed by atoms with Crippen molar-refractivity contribution >= 4 is 5.69 Å². The van der Waals surface area contributed by atoms with Gasteiger partial charge in [-0.1, -0.05) is 30.3 Å². The molecule has 0 spiro atoms. The molecule has 28 heavy (non-hydrogen) atoms. The number of hydrogen-bond donors (Lipinski definition) is 0. The molecule has 0 aliphatic carbocycles. The highest BCUT2D eigenvalue weighted by atomic mass is 19.4. The van der Waals surface area contributed by atoms with Crippen molar-refractivity contribution in [2.24, 2.45) is 0 Å². The van der Waals surface area contributed by atoms with Crippen molar-refractivity contribution in [3.8, 4) is 0 Å². The van der Waals surface area contributed by atoms with Crippen LogP contribution in [-0.2, 0) is 17.5 Å². The maximum absolute atomic E-state index is 12.9. The lowest BCUT2D eigenvalue weighted by atomic mass is 10.0. The first-order valence-corrected chi connectivity index (χ1v) is 9.66. The van der Waals surface area contributed by atoms with Gasteiger partial charge in [0.25, 0.3) is 0 Å². The van der Waals surface area contributed by atoms with Crippen LogP contribution in [0, 0.1) is 0 Å². The normalized spacial score (nSPS) is 16.3. The second-order valence-electron chi connectivity index (χ2n) is 7.22. The molecule has 1 aliphatic heterocycles. The fourth-order valence-corrected chi connectivity index (χ4v) is 3.73. The third-order valence-corrected chi connectivity index (χ3v) is 5.33. The van der Waals surface area contributed by atoms with Crippen LogP contribution in [0.5, 0.6) is 0 Å². The lowest BCUT2D eigenvalue weighted by Gasteiger charge is -2.40. The van der Waals surface area contributed by atoms with Crippen LogP contribution < -0.4 is 4.90 Å². The highest BCUT2D eigenvalue weighted by molar-refractivity contribution is 5.50. The summed E-state index contributed by atoms with van der Waals surface area (Å²) in [7, 11) is 1.71. The smallest absolute Gasteiger partial charge is 0.383 e. The fraction of sp³-hybridized carbons (Fsp3) is 0.455. The van der Waals surface area contributed by atoms with Crippen molar-refractivity contribution in [2.75, 3.05) is 38.3 Å². The molecule has 0 bridgehead atoms. The van der Waals surface area contributed by atoms with Crippen LogP contribution in [0.3, 0.4) is 0 Å². The number of halogens is 3. The average Bonchev–Trinajstić information content (AvgIpc) is 2.71. The van der Waals surface area contributed by atoms with Gasteiger partial charge < -0.3 is 14.5 Å². The first-order valence-electron chi connectivity index (χ1n) is 9.66. The van der Waals surface area contributed by atoms with Gasteiger partial charge in [-0.3, -0.25) is 0 Å². The molecule has 6 heteroatoms. The molecule has 3 nitrogen and oxygen atoms in total. The molecule has 1 fully saturated rings. The minimum absolute atomic E-state index is 0.302. The van der Waals surface area contributed by atoms with E-state index < -0.39 is 11.7 Å². The topological polar surface area (TPSA) is 15.7 Å². The summed E-state index contributed by atoms with van der Waals surface area (Å²) in [5, 5.41) is 0. The Hall–Kier alpha value is -2.05. The van der Waals surface area contributed by atoms with E-state index in [1.807, 2.05) is 18.2 Å². The number of benzene rings is 2. The summed E-state index contributed by atoms with van der Waals surface area (Å²) >= 11 is 0. The molecule has 2 aromatic carbocycles. The summed E-state index contributed by atoms with van der Waals surface area (Å²) in [6, 6.07) is 15.9. The van der Waals surface area contributed by atoms with Gasteiger partial charge in [-0.05, 0) is 42.7 Å². The van der Waals surface area contributed by atoms with Gasteiger partial charge in [0.05, 0.1) is 12.2 Å². The lowest BCUT2D eigenvalue weighted by Crippen LogP contribution is -2.45. The minimum Gasteiger partial charge on any atom is -0.383 e. The third kappa shape index (κ3) is 5.49. The maximum atomic E-state index is 12.9. The number of anilines is 1. The van der Waals surface area contributed by atoms with Gasteiger partial charge in [-0.2, -0.15) is 13.2 Å². The molecule has 1 heterocycles. The molecule has 1 aliphatic rings. The van der Waals surface area contributed by atoms with Gasteiger partial charge >= 0.3 is 6.18 Å². The van der Waals surface area contributed by atoms with E-state index in [2.05, 4.69) is 21.9 Å². The summed E-state index contributed by atoms with van der Waals surface area (Å²) in [5.74, 6) is 0. The van der Waals surface area contributed by atoms with E-state index in [1.54, 1.807) is 19.2 Å². The van der Waals surface area contributed by atoms with E-state index in [-0.39, 0.29) is 0 Å². The number of ether oxygens (including phenoxy) is 1. The number of rotatable bonds is 7. The summed E-state index contributed by atoms with van der Waals surface area (Å²) in [5.41, 5.74) is 1.39. The standard InChI is InChI=1S/C22H27F3N2O/c1-28-16-15-26-13-11-21(12-14-26)27(17-18-5-3-2-4-6-18)20-9-7-19(8-10-20)22(23,24)25/h2-10,21H,11-17H2,1H3. The Bertz CT molecular complexity index is 711. The molecule has 0 aromatic heterocycles. The Morgan fingerprint density at radius 3 is 2.21 bits per heavy atom. The van der Waals surface area contributed by atoms with E-state index in [4.69, 9.17) is 4.74 Å². The zero-order chi connectivity index (χ0) is 20.0. The highest BCUT2D eigenvalue weighted by Gasteiger charge is 2.31. The van der Waals surface area contributed by atoms with Crippen molar-refractivity contribution in [1.82, 2.24) is 4.90 Å². The Morgan fingerprint density at radius 1 is 1.00 bits per heavy atom. The minimum atomic E-state index is -4.31. The fourth-order valence-electron chi connectivity index (χ4n) is 3.73. The molecule has 1 saturated heterocycles. The molecule has 2 aromatic rings. The van der Waals surface area contributed by atoms with Crippen LogP contribution in [0.4, 0.5) is 18.9 Å². The van der Waals surface area contributed by atoms with E-state index >= 15 is 0 Å². The second kappa shape index (κ2) is 9.43.